The number of aromatic amines is 1. The van der Waals surface area contributed by atoms with E-state index in [1.807, 2.05) is 49.2 Å². The highest BCUT2D eigenvalue weighted by Gasteiger charge is 2.16. The number of imidazole rings is 1. The zero-order valence-corrected chi connectivity index (χ0v) is 19.5. The molecular formula is C27H24N8. The molecule has 0 aliphatic carbocycles. The van der Waals surface area contributed by atoms with Crippen LogP contribution in [0.15, 0.2) is 79.6 Å². The van der Waals surface area contributed by atoms with Crippen LogP contribution in [0.5, 0.6) is 0 Å². The smallest absolute Gasteiger partial charge is 0.166 e. The lowest BCUT2D eigenvalue weighted by Gasteiger charge is -2.12. The second-order valence-electron chi connectivity index (χ2n) is 8.74. The van der Waals surface area contributed by atoms with Gasteiger partial charge in [-0.2, -0.15) is 0 Å². The van der Waals surface area contributed by atoms with Crippen LogP contribution in [0, 0.1) is 0 Å². The van der Waals surface area contributed by atoms with Crippen LogP contribution < -0.4 is 5.32 Å². The van der Waals surface area contributed by atoms with Gasteiger partial charge in [0.05, 0.1) is 12.0 Å². The third-order valence-electron chi connectivity index (χ3n) is 6.03. The van der Waals surface area contributed by atoms with Crippen LogP contribution in [0.25, 0.3) is 44.7 Å². The fraction of sp³-hybridized carbons (Fsp3) is 0.148. The monoisotopic (exact) mass is 460 g/mol. The fourth-order valence-electron chi connectivity index (χ4n) is 4.14. The largest absolute Gasteiger partial charge is 0.364 e. The van der Waals surface area contributed by atoms with E-state index in [1.165, 1.54) is 0 Å². The topological polar surface area (TPSA) is 97.2 Å². The maximum absolute atomic E-state index is 4.90. The number of aromatic nitrogens is 7. The maximum atomic E-state index is 4.90. The van der Waals surface area contributed by atoms with Crippen molar-refractivity contribution >= 4 is 27.9 Å². The van der Waals surface area contributed by atoms with Crippen LogP contribution >= 0.6 is 0 Å². The molecule has 0 spiro atoms. The Labute approximate surface area is 202 Å². The number of nitrogens with one attached hydrogen (secondary N) is 2. The van der Waals surface area contributed by atoms with Gasteiger partial charge in [-0.1, -0.05) is 6.07 Å². The van der Waals surface area contributed by atoms with Gasteiger partial charge >= 0.3 is 0 Å². The van der Waals surface area contributed by atoms with Crippen LogP contribution in [0.3, 0.4) is 0 Å². The molecule has 172 valence electrons. The van der Waals surface area contributed by atoms with Gasteiger partial charge in [0.15, 0.2) is 17.3 Å². The highest BCUT2D eigenvalue weighted by atomic mass is 15.2. The Morgan fingerprint density at radius 2 is 1.91 bits per heavy atom. The Kier molecular flexibility index (Phi) is 5.18. The Hall–Kier alpha value is -4.59. The van der Waals surface area contributed by atoms with Crippen LogP contribution in [0.2, 0.25) is 0 Å². The zero-order valence-electron chi connectivity index (χ0n) is 19.5. The number of fused-ring (bicyclic) bond motifs is 2. The van der Waals surface area contributed by atoms with Crippen molar-refractivity contribution in [2.24, 2.45) is 0 Å². The van der Waals surface area contributed by atoms with Crippen molar-refractivity contribution in [3.05, 3.63) is 85.2 Å². The van der Waals surface area contributed by atoms with E-state index in [-0.39, 0.29) is 6.04 Å². The molecule has 0 aliphatic heterocycles. The van der Waals surface area contributed by atoms with Crippen LogP contribution in [-0.4, -0.2) is 34.5 Å². The van der Waals surface area contributed by atoms with Gasteiger partial charge in [-0.15, -0.1) is 0 Å². The second-order valence-corrected chi connectivity index (χ2v) is 8.74. The highest BCUT2D eigenvalue weighted by Crippen LogP contribution is 2.28. The number of benzene rings is 1. The molecule has 8 heteroatoms. The van der Waals surface area contributed by atoms with Crippen LogP contribution in [-0.2, 0) is 6.54 Å². The molecule has 6 rings (SSSR count). The highest BCUT2D eigenvalue weighted by molar-refractivity contribution is 5.88. The van der Waals surface area contributed by atoms with Gasteiger partial charge in [-0.3, -0.25) is 9.97 Å². The predicted molar refractivity (Wildman–Crippen MR) is 138 cm³/mol. The van der Waals surface area contributed by atoms with E-state index in [2.05, 4.69) is 67.9 Å². The molecule has 5 aromatic heterocycles. The molecule has 0 saturated heterocycles. The van der Waals surface area contributed by atoms with Crippen molar-refractivity contribution in [2.45, 2.75) is 26.4 Å². The quantitative estimate of drug-likeness (QED) is 0.335. The second kappa shape index (κ2) is 8.64. The Balaban J connectivity index is 1.34. The normalized spacial score (nSPS) is 11.5. The third-order valence-corrected chi connectivity index (χ3v) is 6.03. The number of H-pyrrole nitrogens is 1. The lowest BCUT2D eigenvalue weighted by molar-refractivity contribution is 0.613. The van der Waals surface area contributed by atoms with Gasteiger partial charge in [0, 0.05) is 59.4 Å². The van der Waals surface area contributed by atoms with Crippen molar-refractivity contribution < 1.29 is 0 Å². The minimum absolute atomic E-state index is 0.229. The van der Waals surface area contributed by atoms with Crippen LogP contribution in [0.1, 0.15) is 25.5 Å². The Morgan fingerprint density at radius 1 is 0.971 bits per heavy atom. The predicted octanol–water partition coefficient (Wildman–Crippen LogP) is 5.62. The molecule has 0 unspecified atom stereocenters. The first kappa shape index (κ1) is 21.0. The number of hydrogen-bond acceptors (Lipinski definition) is 6. The average molecular weight is 461 g/mol. The first-order valence-corrected chi connectivity index (χ1v) is 11.6. The minimum atomic E-state index is 0.229. The summed E-state index contributed by atoms with van der Waals surface area (Å²) in [5, 5.41) is 4.60. The van der Waals surface area contributed by atoms with Gasteiger partial charge in [-0.25, -0.2) is 15.0 Å². The van der Waals surface area contributed by atoms with E-state index in [4.69, 9.17) is 9.97 Å². The van der Waals surface area contributed by atoms with Crippen molar-refractivity contribution in [2.75, 3.05) is 5.32 Å². The maximum Gasteiger partial charge on any atom is 0.166 e. The molecule has 35 heavy (non-hydrogen) atoms. The summed E-state index contributed by atoms with van der Waals surface area (Å²) in [6.45, 7) is 4.81. The summed E-state index contributed by atoms with van der Waals surface area (Å²) in [5.41, 5.74) is 6.54. The number of rotatable bonds is 6. The SMILES string of the molecule is CC(C)n1cnc2c(NCc3ccc(-c4cccnc4)nc3)nc(-c3ccc4[nH]ccc4c3)nc21. The Morgan fingerprint density at radius 3 is 2.71 bits per heavy atom. The number of anilines is 1. The molecule has 0 radical (unpaired) electrons. The molecule has 0 fully saturated rings. The van der Waals surface area contributed by atoms with Crippen LogP contribution in [0.4, 0.5) is 5.82 Å². The molecule has 5 heterocycles. The summed E-state index contributed by atoms with van der Waals surface area (Å²) < 4.78 is 2.07. The molecule has 6 aromatic rings. The lowest BCUT2D eigenvalue weighted by atomic mass is 10.1. The first-order chi connectivity index (χ1) is 17.2. The van der Waals surface area contributed by atoms with E-state index in [9.17, 15) is 0 Å². The van der Waals surface area contributed by atoms with Crippen molar-refractivity contribution in [1.29, 1.82) is 0 Å². The van der Waals surface area contributed by atoms with Crippen molar-refractivity contribution in [3.8, 4) is 22.6 Å². The zero-order chi connectivity index (χ0) is 23.8. The Bertz CT molecular complexity index is 1610. The van der Waals surface area contributed by atoms with E-state index < -0.39 is 0 Å². The van der Waals surface area contributed by atoms with Gasteiger partial charge in [0.2, 0.25) is 0 Å². The van der Waals surface area contributed by atoms with Gasteiger partial charge < -0.3 is 14.9 Å². The fourth-order valence-corrected chi connectivity index (χ4v) is 4.14. The van der Waals surface area contributed by atoms with Crippen molar-refractivity contribution in [3.63, 3.8) is 0 Å². The molecule has 1 aromatic carbocycles. The number of hydrogen-bond donors (Lipinski definition) is 2. The van der Waals surface area contributed by atoms with Gasteiger partial charge in [-0.05, 0) is 61.9 Å². The minimum Gasteiger partial charge on any atom is -0.364 e. The molecule has 0 aliphatic rings. The molecule has 8 nitrogen and oxygen atoms in total. The molecule has 0 amide bonds. The summed E-state index contributed by atoms with van der Waals surface area (Å²) in [6.07, 6.45) is 9.22. The van der Waals surface area contributed by atoms with Crippen molar-refractivity contribution in [1.82, 2.24) is 34.5 Å². The standard InChI is InChI=1S/C27H24N8/c1-17(2)35-16-32-24-26(31-14-18-5-7-23(30-13-18)21-4-3-10-28-15-21)33-25(34-27(24)35)20-6-8-22-19(12-20)9-11-29-22/h3-13,15-17,29H,14H2,1-2H3,(H,31,33,34). The molecule has 0 atom stereocenters. The van der Waals surface area contributed by atoms with E-state index >= 15 is 0 Å². The summed E-state index contributed by atoms with van der Waals surface area (Å²) in [5.74, 6) is 1.37. The van der Waals surface area contributed by atoms with E-state index in [0.29, 0.717) is 18.2 Å². The summed E-state index contributed by atoms with van der Waals surface area (Å²) in [4.78, 5) is 26.4. The molecule has 2 N–H and O–H groups in total. The molecule has 0 saturated carbocycles. The van der Waals surface area contributed by atoms with Gasteiger partial charge in [0.1, 0.15) is 5.52 Å². The summed E-state index contributed by atoms with van der Waals surface area (Å²) in [6, 6.07) is 16.5. The average Bonchev–Trinajstić information content (AvgIpc) is 3.55. The molecular weight excluding hydrogens is 436 g/mol. The van der Waals surface area contributed by atoms with Gasteiger partial charge in [0.25, 0.3) is 0 Å². The first-order valence-electron chi connectivity index (χ1n) is 11.6. The third kappa shape index (κ3) is 3.99. The summed E-state index contributed by atoms with van der Waals surface area (Å²) >= 11 is 0. The lowest BCUT2D eigenvalue weighted by Crippen LogP contribution is -2.06. The van der Waals surface area contributed by atoms with E-state index in [1.54, 1.807) is 6.20 Å². The number of pyridine rings is 2. The summed E-state index contributed by atoms with van der Waals surface area (Å²) in [7, 11) is 0. The van der Waals surface area contributed by atoms with E-state index in [0.717, 1.165) is 44.5 Å². The number of nitrogens with zero attached hydrogens (tertiary/aromatic N) is 6. The molecule has 0 bridgehead atoms.